The van der Waals surface area contributed by atoms with Crippen molar-refractivity contribution in [2.75, 3.05) is 0 Å². The van der Waals surface area contributed by atoms with Crippen molar-refractivity contribution in [2.24, 2.45) is 5.41 Å². The SMILES string of the molecule is CC1(C2=CC=C[N]2)CCCCCCCCCCCCC1. The first-order valence-corrected chi connectivity index (χ1v) is 8.89. The van der Waals surface area contributed by atoms with E-state index in [0.29, 0.717) is 5.41 Å². The fourth-order valence-electron chi connectivity index (χ4n) is 3.66. The molecule has 0 saturated heterocycles. The molecule has 0 aromatic heterocycles. The van der Waals surface area contributed by atoms with Crippen molar-refractivity contribution in [2.45, 2.75) is 90.4 Å². The molecule has 113 valence electrons. The maximum Gasteiger partial charge on any atom is 0.0463 e. The van der Waals surface area contributed by atoms with E-state index in [1.807, 2.05) is 6.20 Å². The normalized spacial score (nSPS) is 25.6. The Bertz CT molecular complexity index is 313. The zero-order valence-corrected chi connectivity index (χ0v) is 13.4. The molecule has 1 nitrogen and oxygen atoms in total. The quantitative estimate of drug-likeness (QED) is 0.549. The van der Waals surface area contributed by atoms with Crippen molar-refractivity contribution < 1.29 is 0 Å². The highest BCUT2D eigenvalue weighted by atomic mass is 14.9. The smallest absolute Gasteiger partial charge is 0.0463 e. The van der Waals surface area contributed by atoms with Gasteiger partial charge in [0.1, 0.15) is 0 Å². The lowest BCUT2D eigenvalue weighted by molar-refractivity contribution is 0.294. The summed E-state index contributed by atoms with van der Waals surface area (Å²) in [6.07, 6.45) is 24.7. The lowest BCUT2D eigenvalue weighted by Crippen LogP contribution is -2.23. The van der Waals surface area contributed by atoms with E-state index >= 15 is 0 Å². The summed E-state index contributed by atoms with van der Waals surface area (Å²) in [6.45, 7) is 2.45. The molecule has 1 aliphatic carbocycles. The van der Waals surface area contributed by atoms with Crippen LogP contribution in [0, 0.1) is 5.41 Å². The Balaban J connectivity index is 1.87. The van der Waals surface area contributed by atoms with E-state index in [0.717, 1.165) is 0 Å². The summed E-state index contributed by atoms with van der Waals surface area (Å²) in [7, 11) is 0. The molecule has 0 N–H and O–H groups in total. The monoisotopic (exact) mass is 274 g/mol. The summed E-state index contributed by atoms with van der Waals surface area (Å²) < 4.78 is 0. The van der Waals surface area contributed by atoms with Gasteiger partial charge in [-0.25, -0.2) is 0 Å². The van der Waals surface area contributed by atoms with E-state index in [4.69, 9.17) is 0 Å². The van der Waals surface area contributed by atoms with Crippen LogP contribution in [-0.2, 0) is 0 Å². The number of rotatable bonds is 1. The van der Waals surface area contributed by atoms with Crippen LogP contribution < -0.4 is 5.32 Å². The molecule has 1 aliphatic heterocycles. The second kappa shape index (κ2) is 8.54. The Morgan fingerprint density at radius 3 is 1.60 bits per heavy atom. The van der Waals surface area contributed by atoms with Gasteiger partial charge in [0.05, 0.1) is 0 Å². The van der Waals surface area contributed by atoms with Crippen molar-refractivity contribution in [1.29, 1.82) is 0 Å². The molecule has 1 saturated carbocycles. The van der Waals surface area contributed by atoms with Crippen molar-refractivity contribution >= 4 is 0 Å². The zero-order chi connectivity index (χ0) is 14.1. The molecule has 2 aliphatic rings. The summed E-state index contributed by atoms with van der Waals surface area (Å²) in [4.78, 5) is 0. The second-order valence-electron chi connectivity index (χ2n) is 6.97. The average molecular weight is 274 g/mol. The van der Waals surface area contributed by atoms with Crippen molar-refractivity contribution in [3.8, 4) is 0 Å². The van der Waals surface area contributed by atoms with Gasteiger partial charge in [-0.05, 0) is 25.0 Å². The number of hydrogen-bond acceptors (Lipinski definition) is 0. The predicted molar refractivity (Wildman–Crippen MR) is 87.5 cm³/mol. The molecule has 1 radical (unpaired) electrons. The first kappa shape index (κ1) is 15.7. The minimum Gasteiger partial charge on any atom is -0.261 e. The molecular formula is C19H32N. The van der Waals surface area contributed by atoms with Gasteiger partial charge in [-0.1, -0.05) is 77.6 Å². The molecule has 0 bridgehead atoms. The second-order valence-corrected chi connectivity index (χ2v) is 6.97. The highest BCUT2D eigenvalue weighted by molar-refractivity contribution is 5.25. The number of nitrogens with zero attached hydrogens (tertiary/aromatic N) is 1. The Morgan fingerprint density at radius 1 is 0.750 bits per heavy atom. The van der Waals surface area contributed by atoms with Crippen LogP contribution in [0.5, 0.6) is 0 Å². The Morgan fingerprint density at radius 2 is 1.20 bits per heavy atom. The molecule has 0 aromatic rings. The average Bonchev–Trinajstić information content (AvgIpc) is 2.98. The molecule has 0 unspecified atom stereocenters. The maximum absolute atomic E-state index is 4.61. The van der Waals surface area contributed by atoms with Gasteiger partial charge in [0.15, 0.2) is 0 Å². The van der Waals surface area contributed by atoms with Gasteiger partial charge in [-0.2, -0.15) is 0 Å². The van der Waals surface area contributed by atoms with Gasteiger partial charge in [-0.3, -0.25) is 5.32 Å². The first-order chi connectivity index (χ1) is 9.81. The van der Waals surface area contributed by atoms with E-state index < -0.39 is 0 Å². The van der Waals surface area contributed by atoms with E-state index in [2.05, 4.69) is 24.4 Å². The zero-order valence-electron chi connectivity index (χ0n) is 13.4. The summed E-state index contributed by atoms with van der Waals surface area (Å²) in [5.41, 5.74) is 1.66. The number of allylic oxidation sites excluding steroid dienone is 3. The Hall–Kier alpha value is -0.720. The molecule has 1 fully saturated rings. The van der Waals surface area contributed by atoms with Crippen molar-refractivity contribution in [3.63, 3.8) is 0 Å². The van der Waals surface area contributed by atoms with Crippen LogP contribution >= 0.6 is 0 Å². The van der Waals surface area contributed by atoms with E-state index in [9.17, 15) is 0 Å². The Kier molecular flexibility index (Phi) is 6.69. The van der Waals surface area contributed by atoms with E-state index in [1.165, 1.54) is 89.2 Å². The third-order valence-electron chi connectivity index (χ3n) is 5.13. The van der Waals surface area contributed by atoms with Crippen LogP contribution in [0.2, 0.25) is 0 Å². The van der Waals surface area contributed by atoms with E-state index in [1.54, 1.807) is 0 Å². The van der Waals surface area contributed by atoms with Crippen molar-refractivity contribution in [1.82, 2.24) is 5.32 Å². The highest BCUT2D eigenvalue weighted by Gasteiger charge is 2.29. The summed E-state index contributed by atoms with van der Waals surface area (Å²) in [6, 6.07) is 0. The fraction of sp³-hybridized carbons (Fsp3) is 0.789. The van der Waals surface area contributed by atoms with Gasteiger partial charge >= 0.3 is 0 Å². The minimum absolute atomic E-state index is 0.327. The molecule has 1 heterocycles. The van der Waals surface area contributed by atoms with Crippen LogP contribution in [0.4, 0.5) is 0 Å². The first-order valence-electron chi connectivity index (χ1n) is 8.89. The third-order valence-corrected chi connectivity index (χ3v) is 5.13. The molecule has 0 spiro atoms. The van der Waals surface area contributed by atoms with Gasteiger partial charge in [0.25, 0.3) is 0 Å². The lowest BCUT2D eigenvalue weighted by atomic mass is 9.76. The fourth-order valence-corrected chi connectivity index (χ4v) is 3.66. The van der Waals surface area contributed by atoms with Crippen LogP contribution in [-0.4, -0.2) is 0 Å². The molecule has 2 rings (SSSR count). The van der Waals surface area contributed by atoms with Gasteiger partial charge < -0.3 is 0 Å². The summed E-state index contributed by atoms with van der Waals surface area (Å²) >= 11 is 0. The largest absolute Gasteiger partial charge is 0.261 e. The van der Waals surface area contributed by atoms with Crippen LogP contribution in [0.1, 0.15) is 90.4 Å². The predicted octanol–water partition coefficient (Wildman–Crippen LogP) is 6.09. The van der Waals surface area contributed by atoms with Crippen LogP contribution in [0.3, 0.4) is 0 Å². The van der Waals surface area contributed by atoms with Gasteiger partial charge in [-0.15, -0.1) is 0 Å². The minimum atomic E-state index is 0.327. The van der Waals surface area contributed by atoms with Crippen LogP contribution in [0.25, 0.3) is 0 Å². The molecule has 20 heavy (non-hydrogen) atoms. The van der Waals surface area contributed by atoms with Crippen LogP contribution in [0.15, 0.2) is 24.0 Å². The Labute approximate surface area is 125 Å². The van der Waals surface area contributed by atoms with E-state index in [-0.39, 0.29) is 0 Å². The molecule has 0 atom stereocenters. The lowest BCUT2D eigenvalue weighted by Gasteiger charge is -2.31. The molecular weight excluding hydrogens is 242 g/mol. The summed E-state index contributed by atoms with van der Waals surface area (Å²) in [5.74, 6) is 0. The van der Waals surface area contributed by atoms with Crippen molar-refractivity contribution in [3.05, 3.63) is 24.0 Å². The maximum atomic E-state index is 4.61. The standard InChI is InChI=1S/C19H32N/c1-19(18-14-13-17-20-18)15-11-9-7-5-3-2-4-6-8-10-12-16-19/h13-14,17H,2-12,15-16H2,1H3. The topological polar surface area (TPSA) is 14.1 Å². The molecule has 0 aromatic carbocycles. The van der Waals surface area contributed by atoms with Gasteiger partial charge in [0, 0.05) is 17.3 Å². The summed E-state index contributed by atoms with van der Waals surface area (Å²) in [5, 5.41) is 4.61. The molecule has 0 amide bonds. The van der Waals surface area contributed by atoms with Gasteiger partial charge in [0.2, 0.25) is 0 Å². The number of hydrogen-bond donors (Lipinski definition) is 0. The molecule has 1 heteroatoms. The third kappa shape index (κ3) is 5.00. The highest BCUT2D eigenvalue weighted by Crippen LogP contribution is 2.39.